The lowest BCUT2D eigenvalue weighted by atomic mass is 10.1. The highest BCUT2D eigenvalue weighted by atomic mass is 16.5. The zero-order valence-corrected chi connectivity index (χ0v) is 15.2. The summed E-state index contributed by atoms with van der Waals surface area (Å²) in [5.74, 6) is 0.786. The number of H-pyrrole nitrogens is 1. The van der Waals surface area contributed by atoms with Gasteiger partial charge in [-0.3, -0.25) is 15.4 Å². The van der Waals surface area contributed by atoms with Gasteiger partial charge in [0.1, 0.15) is 11.6 Å². The van der Waals surface area contributed by atoms with Gasteiger partial charge in [-0.05, 0) is 24.6 Å². The summed E-state index contributed by atoms with van der Waals surface area (Å²) in [7, 11) is 1.58. The Labute approximate surface area is 157 Å². The predicted molar refractivity (Wildman–Crippen MR) is 105 cm³/mol. The zero-order valence-electron chi connectivity index (χ0n) is 15.2. The maximum atomic E-state index is 12.7. The number of ether oxygens (including phenoxy) is 1. The van der Waals surface area contributed by atoms with Gasteiger partial charge in [-0.2, -0.15) is 5.10 Å². The van der Waals surface area contributed by atoms with Gasteiger partial charge in [0.15, 0.2) is 0 Å². The van der Waals surface area contributed by atoms with Crippen LogP contribution >= 0.6 is 0 Å². The number of carbonyl (C=O) groups excluding carboxylic acids is 1. The molecule has 7 nitrogen and oxygen atoms in total. The van der Waals surface area contributed by atoms with E-state index in [0.29, 0.717) is 18.0 Å². The van der Waals surface area contributed by atoms with Crippen molar-refractivity contribution in [1.29, 1.82) is 5.41 Å². The molecule has 0 saturated carbocycles. The van der Waals surface area contributed by atoms with E-state index < -0.39 is 0 Å². The second-order valence-corrected chi connectivity index (χ2v) is 5.99. The van der Waals surface area contributed by atoms with Crippen LogP contribution < -0.4 is 10.1 Å². The molecule has 0 aliphatic carbocycles. The van der Waals surface area contributed by atoms with Crippen molar-refractivity contribution in [2.45, 2.75) is 13.5 Å². The van der Waals surface area contributed by atoms with Crippen LogP contribution in [0, 0.1) is 5.41 Å². The predicted octanol–water partition coefficient (Wildman–Crippen LogP) is 4.12. The third kappa shape index (κ3) is 4.33. The first-order chi connectivity index (χ1) is 13.1. The summed E-state index contributed by atoms with van der Waals surface area (Å²) in [6, 6.07) is 14.6. The molecule has 2 aromatic carbocycles. The van der Waals surface area contributed by atoms with Crippen molar-refractivity contribution in [3.05, 3.63) is 66.5 Å². The van der Waals surface area contributed by atoms with Crippen molar-refractivity contribution >= 4 is 17.6 Å². The maximum Gasteiger partial charge on any atom is 0.327 e. The quantitative estimate of drug-likeness (QED) is 0.470. The summed E-state index contributed by atoms with van der Waals surface area (Å²) in [4.78, 5) is 14.1. The van der Waals surface area contributed by atoms with Gasteiger partial charge >= 0.3 is 6.03 Å². The van der Waals surface area contributed by atoms with Gasteiger partial charge in [0, 0.05) is 29.1 Å². The average Bonchev–Trinajstić information content (AvgIpc) is 3.21. The van der Waals surface area contributed by atoms with Crippen LogP contribution in [0.2, 0.25) is 0 Å². The highest BCUT2D eigenvalue weighted by Gasteiger charge is 2.17. The van der Waals surface area contributed by atoms with Crippen molar-refractivity contribution in [2.24, 2.45) is 0 Å². The van der Waals surface area contributed by atoms with E-state index in [1.807, 2.05) is 36.4 Å². The van der Waals surface area contributed by atoms with Crippen molar-refractivity contribution in [3.63, 3.8) is 0 Å². The zero-order chi connectivity index (χ0) is 19.2. The summed E-state index contributed by atoms with van der Waals surface area (Å²) in [6.45, 7) is 1.91. The number of aromatic amines is 1. The first-order valence-corrected chi connectivity index (χ1v) is 8.43. The van der Waals surface area contributed by atoms with E-state index in [1.165, 1.54) is 4.90 Å². The van der Waals surface area contributed by atoms with Gasteiger partial charge < -0.3 is 10.1 Å². The standard InChI is InChI=1S/C20H21N5O2/c1-14(21)25(13-15-6-4-3-5-7-15)20(26)24-17-8-9-18(19(10-17)27-2)16-11-22-23-12-16/h3-12,21H,13H2,1-2H3,(H,22,23)(H,24,26). The molecule has 0 fully saturated rings. The molecule has 0 radical (unpaired) electrons. The van der Waals surface area contributed by atoms with Crippen LogP contribution in [0.25, 0.3) is 11.1 Å². The van der Waals surface area contributed by atoms with Crippen LogP contribution in [0.1, 0.15) is 12.5 Å². The van der Waals surface area contributed by atoms with Crippen molar-refractivity contribution in [2.75, 3.05) is 12.4 Å². The fraction of sp³-hybridized carbons (Fsp3) is 0.150. The Bertz CT molecular complexity index is 923. The third-order valence-corrected chi connectivity index (χ3v) is 4.10. The molecule has 0 aliphatic rings. The molecule has 7 heteroatoms. The fourth-order valence-electron chi connectivity index (χ4n) is 2.71. The molecule has 0 atom stereocenters. The summed E-state index contributed by atoms with van der Waals surface area (Å²) in [6.07, 6.45) is 3.48. The molecule has 0 spiro atoms. The highest BCUT2D eigenvalue weighted by Crippen LogP contribution is 2.32. The Hall–Kier alpha value is -3.61. The molecule has 0 unspecified atom stereocenters. The SMILES string of the molecule is COc1cc(NC(=O)N(Cc2ccccc2)C(C)=N)ccc1-c1cn[nH]c1. The fourth-order valence-corrected chi connectivity index (χ4v) is 2.71. The van der Waals surface area contributed by atoms with E-state index in [0.717, 1.165) is 16.7 Å². The van der Waals surface area contributed by atoms with Crippen LogP contribution in [0.5, 0.6) is 5.75 Å². The first-order valence-electron chi connectivity index (χ1n) is 8.43. The Morgan fingerprint density at radius 3 is 2.67 bits per heavy atom. The molecule has 3 N–H and O–H groups in total. The van der Waals surface area contributed by atoms with E-state index in [2.05, 4.69) is 15.5 Å². The van der Waals surface area contributed by atoms with E-state index >= 15 is 0 Å². The van der Waals surface area contributed by atoms with E-state index in [1.54, 1.807) is 38.6 Å². The van der Waals surface area contributed by atoms with Crippen molar-refractivity contribution in [3.8, 4) is 16.9 Å². The number of carbonyl (C=O) groups is 1. The second kappa shape index (κ2) is 8.18. The van der Waals surface area contributed by atoms with Gasteiger partial charge in [-0.25, -0.2) is 4.79 Å². The molecular weight excluding hydrogens is 342 g/mol. The lowest BCUT2D eigenvalue weighted by molar-refractivity contribution is 0.232. The molecular formula is C20H21N5O2. The average molecular weight is 363 g/mol. The van der Waals surface area contributed by atoms with Crippen LogP contribution in [0.3, 0.4) is 0 Å². The minimum absolute atomic E-state index is 0.165. The van der Waals surface area contributed by atoms with Gasteiger partial charge in [0.05, 0.1) is 19.9 Å². The van der Waals surface area contributed by atoms with Crippen molar-refractivity contribution < 1.29 is 9.53 Å². The molecule has 0 saturated heterocycles. The summed E-state index contributed by atoms with van der Waals surface area (Å²) >= 11 is 0. The number of rotatable bonds is 5. The Kier molecular flexibility index (Phi) is 5.51. The number of aromatic nitrogens is 2. The van der Waals surface area contributed by atoms with Crippen LogP contribution in [-0.2, 0) is 6.54 Å². The number of hydrogen-bond acceptors (Lipinski definition) is 4. The molecule has 138 valence electrons. The van der Waals surface area contributed by atoms with E-state index in [4.69, 9.17) is 10.1 Å². The Morgan fingerprint density at radius 1 is 1.26 bits per heavy atom. The lowest BCUT2D eigenvalue weighted by Crippen LogP contribution is -2.37. The summed E-state index contributed by atoms with van der Waals surface area (Å²) in [5.41, 5.74) is 3.30. The number of amides is 2. The topological polar surface area (TPSA) is 94.1 Å². The number of nitrogens with one attached hydrogen (secondary N) is 3. The van der Waals surface area contributed by atoms with Gasteiger partial charge in [0.25, 0.3) is 0 Å². The minimum atomic E-state index is -0.371. The number of methoxy groups -OCH3 is 1. The van der Waals surface area contributed by atoms with Gasteiger partial charge in [-0.1, -0.05) is 30.3 Å². The van der Waals surface area contributed by atoms with Crippen molar-refractivity contribution in [1.82, 2.24) is 15.1 Å². The van der Waals surface area contributed by atoms with E-state index in [9.17, 15) is 4.79 Å². The lowest BCUT2D eigenvalue weighted by Gasteiger charge is -2.22. The van der Waals surface area contributed by atoms with Crippen LogP contribution in [-0.4, -0.2) is 34.1 Å². The number of nitrogens with zero attached hydrogens (tertiary/aromatic N) is 2. The smallest absolute Gasteiger partial charge is 0.327 e. The summed E-state index contributed by atoms with van der Waals surface area (Å²) < 4.78 is 5.45. The monoisotopic (exact) mass is 363 g/mol. The van der Waals surface area contributed by atoms with Crippen LogP contribution in [0.4, 0.5) is 10.5 Å². The number of amidine groups is 1. The maximum absolute atomic E-state index is 12.7. The third-order valence-electron chi connectivity index (χ3n) is 4.10. The minimum Gasteiger partial charge on any atom is -0.496 e. The molecule has 3 rings (SSSR count). The number of benzene rings is 2. The second-order valence-electron chi connectivity index (χ2n) is 5.99. The Morgan fingerprint density at radius 2 is 2.04 bits per heavy atom. The van der Waals surface area contributed by atoms with Crippen LogP contribution in [0.15, 0.2) is 60.9 Å². The number of anilines is 1. The Balaban J connectivity index is 1.78. The van der Waals surface area contributed by atoms with E-state index in [-0.39, 0.29) is 11.9 Å². The first kappa shape index (κ1) is 18.2. The number of urea groups is 1. The molecule has 2 amide bonds. The van der Waals surface area contributed by atoms with Gasteiger partial charge in [-0.15, -0.1) is 0 Å². The van der Waals surface area contributed by atoms with Gasteiger partial charge in [0.2, 0.25) is 0 Å². The highest BCUT2D eigenvalue weighted by molar-refractivity contribution is 6.01. The molecule has 0 bridgehead atoms. The molecule has 1 heterocycles. The molecule has 27 heavy (non-hydrogen) atoms. The molecule has 1 aromatic heterocycles. The summed E-state index contributed by atoms with van der Waals surface area (Å²) in [5, 5.41) is 17.5. The largest absolute Gasteiger partial charge is 0.496 e. The molecule has 3 aromatic rings. The number of hydrogen-bond donors (Lipinski definition) is 3. The normalized spacial score (nSPS) is 10.3. The molecule has 0 aliphatic heterocycles.